The Labute approximate surface area is 157 Å². The van der Waals surface area contributed by atoms with Gasteiger partial charge in [0.2, 0.25) is 0 Å². The number of hydrogen-bond acceptors (Lipinski definition) is 4. The molecule has 0 aromatic heterocycles. The molecule has 1 aliphatic heterocycles. The molecule has 2 aromatic rings. The van der Waals surface area contributed by atoms with E-state index in [0.717, 1.165) is 50.6 Å². The predicted octanol–water partition coefficient (Wildman–Crippen LogP) is 4.43. The van der Waals surface area contributed by atoms with Gasteiger partial charge < -0.3 is 14.5 Å². The Bertz CT molecular complexity index is 730. The van der Waals surface area contributed by atoms with Crippen LogP contribution in [-0.4, -0.2) is 45.6 Å². The SMILES string of the molecule is CCN(CC)c1ccc(N=Cc2ccc(N3CCOCC3)cc2C)cc1. The zero-order valence-electron chi connectivity index (χ0n) is 16.1. The van der Waals surface area contributed by atoms with Gasteiger partial charge in [0.1, 0.15) is 0 Å². The van der Waals surface area contributed by atoms with Crippen LogP contribution in [0.15, 0.2) is 47.5 Å². The lowest BCUT2D eigenvalue weighted by atomic mass is 10.1. The second-order valence-corrected chi connectivity index (χ2v) is 6.59. The molecular weight excluding hydrogens is 322 g/mol. The molecule has 1 saturated heterocycles. The highest BCUT2D eigenvalue weighted by molar-refractivity contribution is 5.84. The molecule has 0 aliphatic carbocycles. The summed E-state index contributed by atoms with van der Waals surface area (Å²) in [5, 5.41) is 0. The molecule has 2 aromatic carbocycles. The van der Waals surface area contributed by atoms with Gasteiger partial charge in [-0.3, -0.25) is 4.99 Å². The minimum atomic E-state index is 0.811. The van der Waals surface area contributed by atoms with Crippen molar-refractivity contribution in [3.8, 4) is 0 Å². The number of ether oxygens (including phenoxy) is 1. The summed E-state index contributed by atoms with van der Waals surface area (Å²) in [5.41, 5.74) is 5.91. The van der Waals surface area contributed by atoms with Gasteiger partial charge in [0.05, 0.1) is 18.9 Å². The first-order valence-corrected chi connectivity index (χ1v) is 9.53. The van der Waals surface area contributed by atoms with E-state index in [4.69, 9.17) is 4.74 Å². The van der Waals surface area contributed by atoms with E-state index < -0.39 is 0 Å². The highest BCUT2D eigenvalue weighted by Crippen LogP contribution is 2.22. The molecule has 0 N–H and O–H groups in total. The number of rotatable bonds is 6. The molecule has 0 spiro atoms. The molecule has 0 saturated carbocycles. The largest absolute Gasteiger partial charge is 0.378 e. The van der Waals surface area contributed by atoms with Crippen LogP contribution >= 0.6 is 0 Å². The molecule has 3 rings (SSSR count). The van der Waals surface area contributed by atoms with Crippen molar-refractivity contribution in [3.05, 3.63) is 53.6 Å². The lowest BCUT2D eigenvalue weighted by molar-refractivity contribution is 0.122. The smallest absolute Gasteiger partial charge is 0.0642 e. The van der Waals surface area contributed by atoms with Crippen LogP contribution in [0.2, 0.25) is 0 Å². The highest BCUT2D eigenvalue weighted by Gasteiger charge is 2.11. The number of anilines is 2. The summed E-state index contributed by atoms with van der Waals surface area (Å²) in [7, 11) is 0. The number of benzene rings is 2. The van der Waals surface area contributed by atoms with Crippen LogP contribution in [0.4, 0.5) is 17.1 Å². The number of nitrogens with zero attached hydrogens (tertiary/aromatic N) is 3. The van der Waals surface area contributed by atoms with Crippen molar-refractivity contribution in [1.82, 2.24) is 0 Å². The van der Waals surface area contributed by atoms with Crippen molar-refractivity contribution in [2.45, 2.75) is 20.8 Å². The van der Waals surface area contributed by atoms with Gasteiger partial charge in [0, 0.05) is 43.8 Å². The third-order valence-electron chi connectivity index (χ3n) is 4.96. The van der Waals surface area contributed by atoms with Crippen molar-refractivity contribution in [2.24, 2.45) is 4.99 Å². The minimum absolute atomic E-state index is 0.811. The average molecular weight is 351 g/mol. The van der Waals surface area contributed by atoms with Gasteiger partial charge in [-0.05, 0) is 68.3 Å². The maximum atomic E-state index is 5.43. The Morgan fingerprint density at radius 2 is 1.73 bits per heavy atom. The summed E-state index contributed by atoms with van der Waals surface area (Å²) in [6, 6.07) is 15.1. The van der Waals surface area contributed by atoms with Gasteiger partial charge in [-0.1, -0.05) is 6.07 Å². The summed E-state index contributed by atoms with van der Waals surface area (Å²) in [4.78, 5) is 9.37. The third kappa shape index (κ3) is 4.44. The summed E-state index contributed by atoms with van der Waals surface area (Å²) in [6.45, 7) is 12.1. The van der Waals surface area contributed by atoms with Crippen molar-refractivity contribution in [2.75, 3.05) is 49.2 Å². The van der Waals surface area contributed by atoms with E-state index in [2.05, 4.69) is 78.0 Å². The van der Waals surface area contributed by atoms with E-state index in [1.165, 1.54) is 16.9 Å². The summed E-state index contributed by atoms with van der Waals surface area (Å²) >= 11 is 0. The van der Waals surface area contributed by atoms with Crippen molar-refractivity contribution < 1.29 is 4.74 Å². The normalized spacial score (nSPS) is 14.8. The van der Waals surface area contributed by atoms with Crippen LogP contribution in [0, 0.1) is 6.92 Å². The molecule has 26 heavy (non-hydrogen) atoms. The molecule has 0 atom stereocenters. The molecule has 1 fully saturated rings. The third-order valence-corrected chi connectivity index (χ3v) is 4.96. The van der Waals surface area contributed by atoms with Crippen LogP contribution in [0.3, 0.4) is 0 Å². The number of aliphatic imine (C=N–C) groups is 1. The number of aryl methyl sites for hydroxylation is 1. The van der Waals surface area contributed by atoms with E-state index in [9.17, 15) is 0 Å². The Morgan fingerprint density at radius 3 is 2.35 bits per heavy atom. The predicted molar refractivity (Wildman–Crippen MR) is 111 cm³/mol. The van der Waals surface area contributed by atoms with Gasteiger partial charge >= 0.3 is 0 Å². The van der Waals surface area contributed by atoms with Crippen molar-refractivity contribution >= 4 is 23.3 Å². The van der Waals surface area contributed by atoms with Gasteiger partial charge in [0.25, 0.3) is 0 Å². The quantitative estimate of drug-likeness (QED) is 0.721. The summed E-state index contributed by atoms with van der Waals surface area (Å²) < 4.78 is 5.43. The van der Waals surface area contributed by atoms with E-state index >= 15 is 0 Å². The molecule has 0 amide bonds. The minimum Gasteiger partial charge on any atom is -0.378 e. The Balaban J connectivity index is 1.70. The van der Waals surface area contributed by atoms with Gasteiger partial charge in [-0.15, -0.1) is 0 Å². The highest BCUT2D eigenvalue weighted by atomic mass is 16.5. The second kappa shape index (κ2) is 8.86. The van der Waals surface area contributed by atoms with E-state index in [0.29, 0.717) is 0 Å². The van der Waals surface area contributed by atoms with Crippen LogP contribution in [0.25, 0.3) is 0 Å². The molecule has 138 valence electrons. The Kier molecular flexibility index (Phi) is 6.29. The number of morpholine rings is 1. The molecule has 4 nitrogen and oxygen atoms in total. The molecule has 4 heteroatoms. The van der Waals surface area contributed by atoms with Crippen LogP contribution < -0.4 is 9.80 Å². The summed E-state index contributed by atoms with van der Waals surface area (Å²) in [6.07, 6.45) is 1.96. The standard InChI is InChI=1S/C22H29N3O/c1-4-24(5-2)21-10-7-20(8-11-21)23-17-19-6-9-22(16-18(19)3)25-12-14-26-15-13-25/h6-11,16-17H,4-5,12-15H2,1-3H3. The topological polar surface area (TPSA) is 28.1 Å². The Morgan fingerprint density at radius 1 is 1.04 bits per heavy atom. The molecular formula is C22H29N3O. The van der Waals surface area contributed by atoms with E-state index in [-0.39, 0.29) is 0 Å². The molecule has 1 heterocycles. The lowest BCUT2D eigenvalue weighted by Gasteiger charge is -2.29. The van der Waals surface area contributed by atoms with E-state index in [1.807, 2.05) is 6.21 Å². The van der Waals surface area contributed by atoms with Crippen molar-refractivity contribution in [3.63, 3.8) is 0 Å². The molecule has 0 radical (unpaired) electrons. The fourth-order valence-corrected chi connectivity index (χ4v) is 3.31. The fourth-order valence-electron chi connectivity index (χ4n) is 3.31. The Hall–Kier alpha value is -2.33. The number of hydrogen-bond donors (Lipinski definition) is 0. The van der Waals surface area contributed by atoms with Gasteiger partial charge in [-0.2, -0.15) is 0 Å². The first-order chi connectivity index (χ1) is 12.7. The molecule has 1 aliphatic rings. The molecule has 0 unspecified atom stereocenters. The van der Waals surface area contributed by atoms with Crippen molar-refractivity contribution in [1.29, 1.82) is 0 Å². The zero-order chi connectivity index (χ0) is 18.4. The van der Waals surface area contributed by atoms with Gasteiger partial charge in [0.15, 0.2) is 0 Å². The second-order valence-electron chi connectivity index (χ2n) is 6.59. The average Bonchev–Trinajstić information content (AvgIpc) is 2.69. The van der Waals surface area contributed by atoms with Crippen LogP contribution in [-0.2, 0) is 4.74 Å². The van der Waals surface area contributed by atoms with Crippen LogP contribution in [0.1, 0.15) is 25.0 Å². The fraction of sp³-hybridized carbons (Fsp3) is 0.409. The van der Waals surface area contributed by atoms with Gasteiger partial charge in [-0.25, -0.2) is 0 Å². The lowest BCUT2D eigenvalue weighted by Crippen LogP contribution is -2.36. The first kappa shape index (κ1) is 18.5. The summed E-state index contributed by atoms with van der Waals surface area (Å²) in [5.74, 6) is 0. The van der Waals surface area contributed by atoms with E-state index in [1.54, 1.807) is 0 Å². The maximum absolute atomic E-state index is 5.43. The van der Waals surface area contributed by atoms with Crippen LogP contribution in [0.5, 0.6) is 0 Å². The first-order valence-electron chi connectivity index (χ1n) is 9.53. The maximum Gasteiger partial charge on any atom is 0.0642 e. The monoisotopic (exact) mass is 351 g/mol. The zero-order valence-corrected chi connectivity index (χ0v) is 16.1. The molecule has 0 bridgehead atoms.